The molecule has 0 radical (unpaired) electrons. The molecule has 178 valence electrons. The van der Waals surface area contributed by atoms with Crippen molar-refractivity contribution in [1.29, 1.82) is 0 Å². The number of carbonyl (C=O) groups is 3. The minimum absolute atomic E-state index is 0.129. The average molecular weight is 477 g/mol. The molecule has 4 rings (SSSR count). The van der Waals surface area contributed by atoms with E-state index >= 15 is 0 Å². The molecule has 0 aliphatic carbocycles. The van der Waals surface area contributed by atoms with Crippen LogP contribution in [0, 0.1) is 17.8 Å². The quantitative estimate of drug-likeness (QED) is 0.585. The second-order valence-corrected chi connectivity index (χ2v) is 9.92. The number of carboxylic acids is 1. The Balaban J connectivity index is 1.88. The van der Waals surface area contributed by atoms with Crippen molar-refractivity contribution >= 4 is 35.1 Å². The molecule has 1 spiro atoms. The number of aliphatic hydroxyl groups excluding tert-OH is 1. The topological polar surface area (TPSA) is 107 Å². The Morgan fingerprint density at radius 1 is 1.42 bits per heavy atom. The zero-order valence-corrected chi connectivity index (χ0v) is 19.7. The van der Waals surface area contributed by atoms with Crippen molar-refractivity contribution in [2.24, 2.45) is 17.8 Å². The zero-order chi connectivity index (χ0) is 24.3. The third-order valence-electron chi connectivity index (χ3n) is 7.71. The van der Waals surface area contributed by atoms with Crippen molar-refractivity contribution in [3.63, 3.8) is 0 Å². The van der Waals surface area contributed by atoms with E-state index in [4.69, 9.17) is 16.3 Å². The summed E-state index contributed by atoms with van der Waals surface area (Å²) < 4.78 is 6.45. The van der Waals surface area contributed by atoms with E-state index in [0.29, 0.717) is 17.1 Å². The Morgan fingerprint density at radius 3 is 2.67 bits per heavy atom. The van der Waals surface area contributed by atoms with Gasteiger partial charge in [-0.2, -0.15) is 0 Å². The maximum atomic E-state index is 14.2. The van der Waals surface area contributed by atoms with Gasteiger partial charge < -0.3 is 24.7 Å². The van der Waals surface area contributed by atoms with Crippen molar-refractivity contribution < 1.29 is 29.3 Å². The van der Waals surface area contributed by atoms with E-state index < -0.39 is 52.9 Å². The number of carbonyl (C=O) groups excluding carboxylic acids is 2. The highest BCUT2D eigenvalue weighted by Crippen LogP contribution is 2.65. The molecule has 2 amide bonds. The third-order valence-corrected chi connectivity index (χ3v) is 8.03. The molecule has 2 bridgehead atoms. The molecule has 3 aliphatic heterocycles. The van der Waals surface area contributed by atoms with Crippen LogP contribution < -0.4 is 4.90 Å². The first-order valence-corrected chi connectivity index (χ1v) is 11.5. The van der Waals surface area contributed by atoms with Gasteiger partial charge in [-0.3, -0.25) is 14.4 Å². The van der Waals surface area contributed by atoms with Gasteiger partial charge >= 0.3 is 5.97 Å². The summed E-state index contributed by atoms with van der Waals surface area (Å²) in [6.45, 7) is 8.75. The number of fused-ring (bicyclic) bond motifs is 1. The normalized spacial score (nSPS) is 35.4. The van der Waals surface area contributed by atoms with Gasteiger partial charge in [0.05, 0.1) is 34.9 Å². The molecule has 33 heavy (non-hydrogen) atoms. The molecule has 2 N–H and O–H groups in total. The Bertz CT molecular complexity index is 1020. The van der Waals surface area contributed by atoms with Gasteiger partial charge in [0, 0.05) is 6.54 Å². The van der Waals surface area contributed by atoms with Crippen LogP contribution in [0.2, 0.25) is 5.02 Å². The molecule has 1 aromatic carbocycles. The predicted molar refractivity (Wildman–Crippen MR) is 122 cm³/mol. The number of halogens is 1. The number of aliphatic hydroxyl groups is 1. The summed E-state index contributed by atoms with van der Waals surface area (Å²) >= 11 is 6.40. The van der Waals surface area contributed by atoms with Gasteiger partial charge in [-0.1, -0.05) is 36.7 Å². The minimum Gasteiger partial charge on any atom is -0.481 e. The van der Waals surface area contributed by atoms with E-state index in [1.54, 1.807) is 44.2 Å². The number of nitrogens with zero attached hydrogens (tertiary/aromatic N) is 2. The lowest BCUT2D eigenvalue weighted by atomic mass is 9.62. The SMILES string of the molecule is C=CCN(C(=O)C1N([C@H](C)CO)C(=O)[C@@H]2[C@H](C(=O)O)[C@@]3(C)OC12CC3C)c1ccccc1Cl. The summed E-state index contributed by atoms with van der Waals surface area (Å²) in [5.74, 6) is -4.33. The Hall–Kier alpha value is -2.42. The number of likely N-dealkylation sites (tertiary alicyclic amines) is 1. The standard InChI is InChI=1S/C24H29ClN2O6/c1-5-10-26(16-9-7-6-8-15(16)25)21(30)19-24-11-13(2)23(4,33-24)18(22(31)32)17(24)20(29)27(19)14(3)12-28/h5-9,13-14,17-19,28H,1,10-12H2,2-4H3,(H,31,32)/t13?,14-,17+,18-,19?,23+,24?/m1/s1. The average Bonchev–Trinajstić information content (AvgIpc) is 3.28. The maximum Gasteiger partial charge on any atom is 0.310 e. The molecule has 9 heteroatoms. The molecule has 3 unspecified atom stereocenters. The van der Waals surface area contributed by atoms with E-state index in [1.807, 2.05) is 6.92 Å². The van der Waals surface area contributed by atoms with Gasteiger partial charge in [-0.05, 0) is 38.3 Å². The fourth-order valence-electron chi connectivity index (χ4n) is 6.15. The molecule has 3 heterocycles. The molecule has 3 aliphatic rings. The third kappa shape index (κ3) is 3.15. The first-order chi connectivity index (χ1) is 15.5. The fraction of sp³-hybridized carbons (Fsp3) is 0.542. The van der Waals surface area contributed by atoms with Gasteiger partial charge in [0.15, 0.2) is 0 Å². The molecule has 8 nitrogen and oxygen atoms in total. The van der Waals surface area contributed by atoms with Crippen molar-refractivity contribution in [3.8, 4) is 0 Å². The number of aliphatic carboxylic acids is 1. The van der Waals surface area contributed by atoms with Crippen LogP contribution in [0.4, 0.5) is 5.69 Å². The Kier molecular flexibility index (Phi) is 5.83. The van der Waals surface area contributed by atoms with Gasteiger partial charge in [0.2, 0.25) is 5.91 Å². The number of para-hydroxylation sites is 1. The lowest BCUT2D eigenvalue weighted by Crippen LogP contribution is -2.58. The molecule has 3 fully saturated rings. The summed E-state index contributed by atoms with van der Waals surface area (Å²) in [4.78, 5) is 43.0. The molecule has 0 aromatic heterocycles. The Morgan fingerprint density at radius 2 is 2.09 bits per heavy atom. The highest BCUT2D eigenvalue weighted by atomic mass is 35.5. The van der Waals surface area contributed by atoms with Gasteiger partial charge in [-0.25, -0.2) is 0 Å². The van der Waals surface area contributed by atoms with E-state index in [1.165, 1.54) is 9.80 Å². The smallest absolute Gasteiger partial charge is 0.310 e. The highest BCUT2D eigenvalue weighted by molar-refractivity contribution is 6.34. The van der Waals surface area contributed by atoms with Gasteiger partial charge in [0.25, 0.3) is 5.91 Å². The zero-order valence-electron chi connectivity index (χ0n) is 18.9. The van der Waals surface area contributed by atoms with Crippen LogP contribution in [-0.4, -0.2) is 69.3 Å². The van der Waals surface area contributed by atoms with Gasteiger partial charge in [-0.15, -0.1) is 6.58 Å². The first kappa shape index (κ1) is 23.7. The summed E-state index contributed by atoms with van der Waals surface area (Å²) in [7, 11) is 0. The summed E-state index contributed by atoms with van der Waals surface area (Å²) in [6.07, 6.45) is 1.92. The van der Waals surface area contributed by atoms with Gasteiger partial charge in [0.1, 0.15) is 17.6 Å². The number of hydrogen-bond acceptors (Lipinski definition) is 5. The molecule has 3 saturated heterocycles. The molecule has 1 aromatic rings. The van der Waals surface area contributed by atoms with E-state index in [9.17, 15) is 24.6 Å². The van der Waals surface area contributed by atoms with Crippen molar-refractivity contribution in [2.45, 2.75) is 50.5 Å². The van der Waals surface area contributed by atoms with Crippen molar-refractivity contribution in [2.75, 3.05) is 18.1 Å². The van der Waals surface area contributed by atoms with E-state index in [2.05, 4.69) is 6.58 Å². The molecule has 7 atom stereocenters. The Labute approximate surface area is 197 Å². The van der Waals surface area contributed by atoms with Crippen LogP contribution in [0.25, 0.3) is 0 Å². The number of amides is 2. The number of ether oxygens (including phenoxy) is 1. The van der Waals surface area contributed by atoms with Crippen LogP contribution in [-0.2, 0) is 19.1 Å². The van der Waals surface area contributed by atoms with Crippen LogP contribution in [0.3, 0.4) is 0 Å². The highest BCUT2D eigenvalue weighted by Gasteiger charge is 2.80. The fourth-order valence-corrected chi connectivity index (χ4v) is 6.39. The lowest BCUT2D eigenvalue weighted by Gasteiger charge is -2.38. The molecular formula is C24H29ClN2O6. The van der Waals surface area contributed by atoms with Crippen LogP contribution in [0.15, 0.2) is 36.9 Å². The second-order valence-electron chi connectivity index (χ2n) is 9.51. The first-order valence-electron chi connectivity index (χ1n) is 11.1. The second kappa shape index (κ2) is 8.11. The summed E-state index contributed by atoms with van der Waals surface area (Å²) in [5.41, 5.74) is -1.93. The lowest BCUT2D eigenvalue weighted by molar-refractivity contribution is -0.157. The summed E-state index contributed by atoms with van der Waals surface area (Å²) in [5, 5.41) is 20.3. The van der Waals surface area contributed by atoms with E-state index in [-0.39, 0.29) is 19.1 Å². The number of anilines is 1. The number of hydrogen-bond donors (Lipinski definition) is 2. The summed E-state index contributed by atoms with van der Waals surface area (Å²) in [6, 6.07) is 5.05. The van der Waals surface area contributed by atoms with Crippen molar-refractivity contribution in [1.82, 2.24) is 4.90 Å². The maximum absolute atomic E-state index is 14.2. The van der Waals surface area contributed by atoms with Crippen LogP contribution in [0.1, 0.15) is 27.2 Å². The van der Waals surface area contributed by atoms with Crippen LogP contribution >= 0.6 is 11.6 Å². The minimum atomic E-state index is -1.31. The van der Waals surface area contributed by atoms with E-state index in [0.717, 1.165) is 0 Å². The predicted octanol–water partition coefficient (Wildman–Crippen LogP) is 2.34. The van der Waals surface area contributed by atoms with Crippen molar-refractivity contribution in [3.05, 3.63) is 41.9 Å². The monoisotopic (exact) mass is 476 g/mol. The van der Waals surface area contributed by atoms with Crippen LogP contribution in [0.5, 0.6) is 0 Å². The molecule has 0 saturated carbocycles. The number of rotatable bonds is 7. The molecular weight excluding hydrogens is 448 g/mol. The number of carboxylic acid groups (broad SMARTS) is 1. The largest absolute Gasteiger partial charge is 0.481 e. The number of benzene rings is 1.